The monoisotopic (exact) mass is 596 g/mol. The molecule has 6 heteroatoms. The van der Waals surface area contributed by atoms with E-state index < -0.39 is 21.2 Å². The molecule has 156 valence electrons. The lowest BCUT2D eigenvalue weighted by Crippen LogP contribution is -3.61. The summed E-state index contributed by atoms with van der Waals surface area (Å²) < 4.78 is 14.0. The van der Waals surface area contributed by atoms with Crippen LogP contribution in [0.5, 0.6) is 0 Å². The van der Waals surface area contributed by atoms with Crippen LogP contribution in [0.25, 0.3) is 43.9 Å². The molecular weight excluding hydrogens is 583 g/mol. The van der Waals surface area contributed by atoms with Crippen molar-refractivity contribution in [1.82, 2.24) is 0 Å². The first-order valence-electron chi connectivity index (χ1n) is 9.73. The maximum atomic E-state index is 12.9. The van der Waals surface area contributed by atoms with Crippen LogP contribution in [0.2, 0.25) is 0 Å². The molecule has 0 amide bonds. The average Bonchev–Trinajstić information content (AvgIpc) is 2.80. The molecule has 0 radical (unpaired) electrons. The van der Waals surface area contributed by atoms with Gasteiger partial charge in [0.05, 0.1) is 21.5 Å². The highest BCUT2D eigenvalue weighted by Gasteiger charge is 2.20. The fourth-order valence-corrected chi connectivity index (χ4v) is 6.17. The first-order valence-corrected chi connectivity index (χ1v) is 11.9. The quantitative estimate of drug-likeness (QED) is 0.197. The Morgan fingerprint density at radius 1 is 0.500 bits per heavy atom. The van der Waals surface area contributed by atoms with Crippen LogP contribution in [0.4, 0.5) is 0 Å². The van der Waals surface area contributed by atoms with Crippen molar-refractivity contribution in [2.24, 2.45) is 0 Å². The van der Waals surface area contributed by atoms with Crippen molar-refractivity contribution >= 4 is 43.9 Å². The van der Waals surface area contributed by atoms with Crippen LogP contribution in [0, 0.1) is 7.14 Å². The number of rotatable bonds is 2. The van der Waals surface area contributed by atoms with E-state index in [4.69, 9.17) is 8.83 Å². The van der Waals surface area contributed by atoms with E-state index in [-0.39, 0.29) is 27.8 Å². The lowest BCUT2D eigenvalue weighted by atomic mass is 10.1. The second kappa shape index (κ2) is 8.18. The van der Waals surface area contributed by atoms with E-state index in [1.54, 1.807) is 24.3 Å². The zero-order valence-electron chi connectivity index (χ0n) is 16.5. The molecule has 0 N–H and O–H groups in total. The molecule has 4 aromatic carbocycles. The summed E-state index contributed by atoms with van der Waals surface area (Å²) in [6.07, 6.45) is 0. The molecule has 6 rings (SSSR count). The van der Waals surface area contributed by atoms with Gasteiger partial charge in [0.15, 0.2) is 7.14 Å². The summed E-state index contributed by atoms with van der Waals surface area (Å²) in [5.74, 6) is 0. The van der Waals surface area contributed by atoms with Gasteiger partial charge in [0.2, 0.25) is 10.9 Å². The van der Waals surface area contributed by atoms with E-state index in [1.165, 1.54) is 0 Å². The summed E-state index contributed by atoms with van der Waals surface area (Å²) in [5.41, 5.74) is 2.32. The van der Waals surface area contributed by atoms with E-state index in [1.807, 2.05) is 60.7 Å². The van der Waals surface area contributed by atoms with Gasteiger partial charge in [-0.25, -0.2) is 0 Å². The highest BCUT2D eigenvalue weighted by atomic mass is 127. The predicted molar refractivity (Wildman–Crippen MR) is 117 cm³/mol. The van der Waals surface area contributed by atoms with E-state index in [9.17, 15) is 9.59 Å². The van der Waals surface area contributed by atoms with Gasteiger partial charge < -0.3 is 25.8 Å². The van der Waals surface area contributed by atoms with Gasteiger partial charge in [0.25, 0.3) is 0 Å². The Labute approximate surface area is 202 Å². The number of hydrogen-bond acceptors (Lipinski definition) is 4. The molecule has 2 aromatic heterocycles. The highest BCUT2D eigenvalue weighted by Crippen LogP contribution is 2.19. The van der Waals surface area contributed by atoms with E-state index >= 15 is 0 Å². The van der Waals surface area contributed by atoms with Gasteiger partial charge in [-0.05, 0) is 48.5 Å². The van der Waals surface area contributed by atoms with Gasteiger partial charge in [-0.1, -0.05) is 24.3 Å². The molecule has 0 aliphatic rings. The van der Waals surface area contributed by atoms with Gasteiger partial charge >= 0.3 is 21.2 Å². The van der Waals surface area contributed by atoms with Crippen molar-refractivity contribution in [3.63, 3.8) is 0 Å². The smallest absolute Gasteiger partial charge is 0.357 e. The van der Waals surface area contributed by atoms with Gasteiger partial charge in [0, 0.05) is 12.1 Å². The molecule has 0 aliphatic heterocycles. The maximum absolute atomic E-state index is 12.9. The average molecular weight is 597 g/mol. The number of fused-ring (bicyclic) bond motifs is 4. The predicted octanol–water partition coefficient (Wildman–Crippen LogP) is -0.662. The Hall–Kier alpha value is -2.97. The third-order valence-electron chi connectivity index (χ3n) is 5.29. The third-order valence-corrected chi connectivity index (χ3v) is 7.88. The minimum absolute atomic E-state index is 0. The molecule has 6 aromatic rings. The Kier molecular flexibility index (Phi) is 5.35. The zero-order chi connectivity index (χ0) is 20.9. The minimum Gasteiger partial charge on any atom is -1.00 e. The van der Waals surface area contributed by atoms with Gasteiger partial charge in [-0.15, -0.1) is 0 Å². The molecule has 0 spiro atoms. The molecule has 0 saturated heterocycles. The fraction of sp³-hybridized carbons (Fsp3) is 0. The summed E-state index contributed by atoms with van der Waals surface area (Å²) in [4.78, 5) is 25.9. The number of hydrogen-bond donors (Lipinski definition) is 0. The number of benzene rings is 4. The highest BCUT2D eigenvalue weighted by molar-refractivity contribution is 5.90. The Bertz CT molecular complexity index is 1640. The molecule has 0 aliphatic carbocycles. The van der Waals surface area contributed by atoms with Crippen LogP contribution in [0.1, 0.15) is 0 Å². The van der Waals surface area contributed by atoms with Crippen LogP contribution >= 0.6 is 0 Å². The van der Waals surface area contributed by atoms with Crippen LogP contribution in [-0.2, 0) is 0 Å². The van der Waals surface area contributed by atoms with Crippen LogP contribution in [0.3, 0.4) is 0 Å². The van der Waals surface area contributed by atoms with Gasteiger partial charge in [0.1, 0.15) is 22.3 Å². The summed E-state index contributed by atoms with van der Waals surface area (Å²) in [5, 5.41) is 2.34. The van der Waals surface area contributed by atoms with Gasteiger partial charge in [-0.3, -0.25) is 9.59 Å². The minimum atomic E-state index is -0.596. The number of halogens is 2. The lowest BCUT2D eigenvalue weighted by Gasteiger charge is -2.01. The van der Waals surface area contributed by atoms with E-state index in [0.717, 1.165) is 7.14 Å². The summed E-state index contributed by atoms with van der Waals surface area (Å²) in [6, 6.07) is 26.2. The molecule has 0 saturated carbocycles. The Morgan fingerprint density at radius 2 is 0.906 bits per heavy atom. The Morgan fingerprint density at radius 3 is 1.38 bits per heavy atom. The molecule has 0 bridgehead atoms. The second-order valence-corrected chi connectivity index (χ2v) is 10.3. The topological polar surface area (TPSA) is 60.4 Å². The molecule has 4 nitrogen and oxygen atoms in total. The van der Waals surface area contributed by atoms with Crippen LogP contribution < -0.4 is 49.0 Å². The van der Waals surface area contributed by atoms with Crippen molar-refractivity contribution in [2.75, 3.05) is 0 Å². The molecule has 0 atom stereocenters. The lowest BCUT2D eigenvalue weighted by molar-refractivity contribution is -0.597. The van der Waals surface area contributed by atoms with Crippen LogP contribution in [0.15, 0.2) is 103 Å². The van der Waals surface area contributed by atoms with Crippen LogP contribution in [-0.4, -0.2) is 0 Å². The SMILES string of the molecule is O=c1c2ccccc2oc2ccc([I+]c3ccc4oc5ccccc5c(=O)c4c3)cc12.[Br-]. The number of para-hydroxylation sites is 2. The Balaban J connectivity index is 0.00000216. The normalized spacial score (nSPS) is 11.2. The van der Waals surface area contributed by atoms with Crippen molar-refractivity contribution in [3.05, 3.63) is 113 Å². The second-order valence-electron chi connectivity index (χ2n) is 7.23. The molecule has 2 heterocycles. The standard InChI is InChI=1S/C26H14IO4.BrH/c28-25-17-5-1-3-7-21(17)30-23-11-9-15(13-19(23)25)27-16-10-12-24-20(14-16)26(29)18-6-2-4-8-22(18)31-24;/h1-14H;1H/q+1;/p-1. The van der Waals surface area contributed by atoms with E-state index in [2.05, 4.69) is 0 Å². The molecule has 0 fully saturated rings. The maximum Gasteiger partial charge on any atom is 0.357 e. The summed E-state index contributed by atoms with van der Waals surface area (Å²) >= 11 is -0.596. The van der Waals surface area contributed by atoms with E-state index in [0.29, 0.717) is 43.9 Å². The summed E-state index contributed by atoms with van der Waals surface area (Å²) in [7, 11) is 0. The molecule has 32 heavy (non-hydrogen) atoms. The summed E-state index contributed by atoms with van der Waals surface area (Å²) in [6.45, 7) is 0. The zero-order valence-corrected chi connectivity index (χ0v) is 20.2. The largest absolute Gasteiger partial charge is 1.00 e. The third kappa shape index (κ3) is 3.43. The van der Waals surface area contributed by atoms with Crippen molar-refractivity contribution in [1.29, 1.82) is 0 Å². The molecule has 0 unspecified atom stereocenters. The van der Waals surface area contributed by atoms with Crippen molar-refractivity contribution in [2.45, 2.75) is 0 Å². The fourth-order valence-electron chi connectivity index (χ4n) is 3.79. The van der Waals surface area contributed by atoms with Crippen molar-refractivity contribution < 1.29 is 47.0 Å². The first-order chi connectivity index (χ1) is 15.2. The van der Waals surface area contributed by atoms with Crippen molar-refractivity contribution in [3.8, 4) is 0 Å². The van der Waals surface area contributed by atoms with Gasteiger partial charge in [-0.2, -0.15) is 0 Å². The molecular formula is C26H14BrIO4. The first kappa shape index (κ1) is 20.9.